The van der Waals surface area contributed by atoms with Gasteiger partial charge in [-0.05, 0) is 23.8 Å². The normalized spacial score (nSPS) is 10.4. The van der Waals surface area contributed by atoms with Crippen LogP contribution < -0.4 is 5.73 Å². The van der Waals surface area contributed by atoms with Gasteiger partial charge in [-0.3, -0.25) is 0 Å². The van der Waals surface area contributed by atoms with Gasteiger partial charge in [-0.15, -0.1) is 0 Å². The van der Waals surface area contributed by atoms with Gasteiger partial charge in [-0.25, -0.2) is 4.39 Å². The third-order valence-corrected chi connectivity index (χ3v) is 2.67. The van der Waals surface area contributed by atoms with E-state index >= 15 is 0 Å². The van der Waals surface area contributed by atoms with Crippen LogP contribution in [0.2, 0.25) is 0 Å². The molecule has 0 aromatic heterocycles. The van der Waals surface area contributed by atoms with Gasteiger partial charge in [0.2, 0.25) is 0 Å². The van der Waals surface area contributed by atoms with E-state index in [2.05, 4.69) is 0 Å². The number of nitrogen functional groups attached to an aromatic ring is 1. The van der Waals surface area contributed by atoms with Gasteiger partial charge in [0.25, 0.3) is 0 Å². The van der Waals surface area contributed by atoms with Crippen molar-refractivity contribution < 1.29 is 9.13 Å². The Bertz CT molecular complexity index is 273. The fourth-order valence-corrected chi connectivity index (χ4v) is 1.92. The zero-order chi connectivity index (χ0) is 10.4. The lowest BCUT2D eigenvalue weighted by Gasteiger charge is -2.03. The molecule has 1 aromatic carbocycles. The largest absolute Gasteiger partial charge is 0.399 e. The Hall–Kier alpha value is -0.740. The van der Waals surface area contributed by atoms with E-state index in [0.29, 0.717) is 5.69 Å². The molecule has 0 saturated carbocycles. The van der Waals surface area contributed by atoms with Gasteiger partial charge in [0.05, 0.1) is 6.61 Å². The molecule has 0 atom stereocenters. The molecular weight excluding hydrogens is 201 g/mol. The maximum atomic E-state index is 12.9. The number of methoxy groups -OCH3 is 1. The number of halogens is 1. The first-order chi connectivity index (χ1) is 6.72. The Morgan fingerprint density at radius 1 is 1.43 bits per heavy atom. The number of anilines is 1. The lowest BCUT2D eigenvalue weighted by Crippen LogP contribution is -1.94. The molecule has 0 spiro atoms. The van der Waals surface area contributed by atoms with Gasteiger partial charge in [0.1, 0.15) is 5.82 Å². The topological polar surface area (TPSA) is 35.2 Å². The van der Waals surface area contributed by atoms with Gasteiger partial charge < -0.3 is 10.5 Å². The van der Waals surface area contributed by atoms with Gasteiger partial charge >= 0.3 is 0 Å². The molecule has 0 saturated heterocycles. The molecular formula is C10H14FNOS. The second-order valence-corrected chi connectivity index (χ2v) is 4.04. The average molecular weight is 215 g/mol. The van der Waals surface area contributed by atoms with Crippen LogP contribution in [-0.2, 0) is 10.5 Å². The van der Waals surface area contributed by atoms with Crippen LogP contribution in [0.25, 0.3) is 0 Å². The van der Waals surface area contributed by atoms with Crippen LogP contribution in [0.3, 0.4) is 0 Å². The van der Waals surface area contributed by atoms with Crippen molar-refractivity contribution in [2.24, 2.45) is 0 Å². The quantitative estimate of drug-likeness (QED) is 0.604. The Balaban J connectivity index is 2.42. The lowest BCUT2D eigenvalue weighted by molar-refractivity contribution is 0.218. The number of hydrogen-bond donors (Lipinski definition) is 1. The highest BCUT2D eigenvalue weighted by atomic mass is 32.2. The summed E-state index contributed by atoms with van der Waals surface area (Å²) in [6.07, 6.45) is 0. The van der Waals surface area contributed by atoms with E-state index in [1.807, 2.05) is 0 Å². The Morgan fingerprint density at radius 2 is 2.21 bits per heavy atom. The van der Waals surface area contributed by atoms with Crippen LogP contribution >= 0.6 is 11.8 Å². The number of rotatable bonds is 5. The molecule has 0 heterocycles. The van der Waals surface area contributed by atoms with Gasteiger partial charge in [0.15, 0.2) is 0 Å². The Morgan fingerprint density at radius 3 is 2.86 bits per heavy atom. The summed E-state index contributed by atoms with van der Waals surface area (Å²) >= 11 is 1.70. The van der Waals surface area contributed by atoms with E-state index in [1.54, 1.807) is 24.9 Å². The minimum absolute atomic E-state index is 0.271. The molecule has 78 valence electrons. The van der Waals surface area contributed by atoms with Crippen molar-refractivity contribution in [3.8, 4) is 0 Å². The van der Waals surface area contributed by atoms with Crippen molar-refractivity contribution in [2.75, 3.05) is 25.2 Å². The molecule has 1 rings (SSSR count). The summed E-state index contributed by atoms with van der Waals surface area (Å²) in [4.78, 5) is 0. The maximum Gasteiger partial charge on any atom is 0.125 e. The predicted molar refractivity (Wildman–Crippen MR) is 58.9 cm³/mol. The molecule has 4 heteroatoms. The van der Waals surface area contributed by atoms with Crippen molar-refractivity contribution in [3.05, 3.63) is 29.6 Å². The molecule has 1 aromatic rings. The second-order valence-electron chi connectivity index (χ2n) is 2.94. The second kappa shape index (κ2) is 5.88. The third-order valence-electron chi connectivity index (χ3n) is 1.68. The van der Waals surface area contributed by atoms with Gasteiger partial charge in [0, 0.05) is 24.3 Å². The van der Waals surface area contributed by atoms with Gasteiger partial charge in [-0.2, -0.15) is 11.8 Å². The fourth-order valence-electron chi connectivity index (χ4n) is 1.09. The third kappa shape index (κ3) is 3.98. The molecule has 0 aliphatic carbocycles. The van der Waals surface area contributed by atoms with Crippen molar-refractivity contribution in [1.29, 1.82) is 0 Å². The number of benzene rings is 1. The highest BCUT2D eigenvalue weighted by molar-refractivity contribution is 7.98. The van der Waals surface area contributed by atoms with Crippen LogP contribution in [-0.4, -0.2) is 19.5 Å². The van der Waals surface area contributed by atoms with E-state index in [-0.39, 0.29) is 5.82 Å². The maximum absolute atomic E-state index is 12.9. The van der Waals surface area contributed by atoms with Crippen molar-refractivity contribution >= 4 is 17.4 Å². The molecule has 2 nitrogen and oxygen atoms in total. The highest BCUT2D eigenvalue weighted by Gasteiger charge is 1.98. The van der Waals surface area contributed by atoms with Crippen molar-refractivity contribution in [2.45, 2.75) is 5.75 Å². The van der Waals surface area contributed by atoms with E-state index in [1.165, 1.54) is 12.1 Å². The lowest BCUT2D eigenvalue weighted by atomic mass is 10.2. The minimum atomic E-state index is -0.271. The monoisotopic (exact) mass is 215 g/mol. The summed E-state index contributed by atoms with van der Waals surface area (Å²) < 4.78 is 17.8. The molecule has 0 aliphatic rings. The van der Waals surface area contributed by atoms with E-state index in [4.69, 9.17) is 10.5 Å². The minimum Gasteiger partial charge on any atom is -0.399 e. The van der Waals surface area contributed by atoms with Crippen molar-refractivity contribution in [3.63, 3.8) is 0 Å². The fraction of sp³-hybridized carbons (Fsp3) is 0.400. The SMILES string of the molecule is COCCSCc1cc(N)cc(F)c1. The molecule has 0 bridgehead atoms. The Labute approximate surface area is 87.6 Å². The molecule has 0 aliphatic heterocycles. The number of thioether (sulfide) groups is 1. The smallest absolute Gasteiger partial charge is 0.125 e. The first-order valence-electron chi connectivity index (χ1n) is 4.34. The first-order valence-corrected chi connectivity index (χ1v) is 5.49. The van der Waals surface area contributed by atoms with Crippen LogP contribution in [0.5, 0.6) is 0 Å². The molecule has 0 unspecified atom stereocenters. The number of ether oxygens (including phenoxy) is 1. The van der Waals surface area contributed by atoms with Crippen LogP contribution in [0.15, 0.2) is 18.2 Å². The summed E-state index contributed by atoms with van der Waals surface area (Å²) in [6.45, 7) is 0.718. The summed E-state index contributed by atoms with van der Waals surface area (Å²) in [6, 6.07) is 4.63. The first kappa shape index (κ1) is 11.3. The predicted octanol–water partition coefficient (Wildman–Crippen LogP) is 2.29. The molecule has 0 amide bonds. The highest BCUT2D eigenvalue weighted by Crippen LogP contribution is 2.16. The van der Waals surface area contributed by atoms with Crippen LogP contribution in [0.1, 0.15) is 5.56 Å². The summed E-state index contributed by atoms with van der Waals surface area (Å²) in [5.41, 5.74) is 6.91. The number of nitrogens with two attached hydrogens (primary N) is 1. The van der Waals surface area contributed by atoms with Crippen molar-refractivity contribution in [1.82, 2.24) is 0 Å². The van der Waals surface area contributed by atoms with E-state index in [0.717, 1.165) is 23.7 Å². The molecule has 14 heavy (non-hydrogen) atoms. The summed E-state index contributed by atoms with van der Waals surface area (Å²) in [5.74, 6) is 1.41. The van der Waals surface area contributed by atoms with Crippen LogP contribution in [0.4, 0.5) is 10.1 Å². The van der Waals surface area contributed by atoms with E-state index in [9.17, 15) is 4.39 Å². The zero-order valence-corrected chi connectivity index (χ0v) is 8.94. The standard InChI is InChI=1S/C10H14FNOS/c1-13-2-3-14-7-8-4-9(11)6-10(12)5-8/h4-6H,2-3,7,12H2,1H3. The molecule has 2 N–H and O–H groups in total. The summed E-state index contributed by atoms with van der Waals surface area (Å²) in [5, 5.41) is 0. The number of hydrogen-bond acceptors (Lipinski definition) is 3. The van der Waals surface area contributed by atoms with Crippen LogP contribution in [0, 0.1) is 5.82 Å². The Kier molecular flexibility index (Phi) is 4.76. The molecule has 0 radical (unpaired) electrons. The summed E-state index contributed by atoms with van der Waals surface area (Å²) in [7, 11) is 1.67. The zero-order valence-electron chi connectivity index (χ0n) is 8.13. The van der Waals surface area contributed by atoms with E-state index < -0.39 is 0 Å². The molecule has 0 fully saturated rings. The van der Waals surface area contributed by atoms with Gasteiger partial charge in [-0.1, -0.05) is 0 Å². The average Bonchev–Trinajstić information content (AvgIpc) is 2.11.